The molecule has 2 fully saturated rings. The first-order valence-corrected chi connectivity index (χ1v) is 9.67. The van der Waals surface area contributed by atoms with E-state index in [1.807, 2.05) is 0 Å². The van der Waals surface area contributed by atoms with Crippen molar-refractivity contribution in [3.8, 4) is 6.07 Å². The van der Waals surface area contributed by atoms with Gasteiger partial charge in [0.05, 0.1) is 11.6 Å². The Morgan fingerprint density at radius 3 is 2.33 bits per heavy atom. The quantitative estimate of drug-likeness (QED) is 0.824. The number of rotatable bonds is 1. The van der Waals surface area contributed by atoms with Gasteiger partial charge in [-0.15, -0.1) is 0 Å². The van der Waals surface area contributed by atoms with Gasteiger partial charge in [0.1, 0.15) is 5.82 Å². The van der Waals surface area contributed by atoms with Crippen molar-refractivity contribution in [2.24, 2.45) is 10.9 Å². The molecule has 142 valence electrons. The molecule has 7 heteroatoms. The fourth-order valence-electron chi connectivity index (χ4n) is 4.45. The van der Waals surface area contributed by atoms with Crippen molar-refractivity contribution in [3.63, 3.8) is 0 Å². The van der Waals surface area contributed by atoms with Crippen LogP contribution in [0.2, 0.25) is 0 Å². The summed E-state index contributed by atoms with van der Waals surface area (Å²) in [5, 5.41) is 12.4. The van der Waals surface area contributed by atoms with Crippen molar-refractivity contribution >= 4 is 17.6 Å². The molecule has 4 rings (SSSR count). The van der Waals surface area contributed by atoms with Gasteiger partial charge in [-0.05, 0) is 37.1 Å². The minimum atomic E-state index is -0.693. The maximum atomic E-state index is 13.1. The summed E-state index contributed by atoms with van der Waals surface area (Å²) in [4.78, 5) is 21.8. The van der Waals surface area contributed by atoms with E-state index in [1.54, 1.807) is 12.1 Å². The molecule has 1 saturated heterocycles. The topological polar surface area (TPSA) is 71.7 Å². The molecule has 0 bridgehead atoms. The smallest absolute Gasteiger partial charge is 0.246 e. The number of aliphatic imine (C=N–C) groups is 1. The number of carbonyl (C=O) groups is 1. The van der Waals surface area contributed by atoms with Crippen LogP contribution in [-0.4, -0.2) is 48.5 Å². The number of guanidine groups is 1. The molecule has 1 spiro atoms. The number of amides is 1. The van der Waals surface area contributed by atoms with Crippen molar-refractivity contribution in [1.82, 2.24) is 10.2 Å². The third-order valence-corrected chi connectivity index (χ3v) is 5.98. The van der Waals surface area contributed by atoms with Gasteiger partial charge in [0, 0.05) is 31.9 Å². The lowest BCUT2D eigenvalue weighted by Gasteiger charge is -2.44. The highest BCUT2D eigenvalue weighted by Gasteiger charge is 2.48. The average molecular weight is 369 g/mol. The number of nitrogens with zero attached hydrogens (tertiary/aromatic N) is 4. The number of hydrogen-bond donors (Lipinski definition) is 1. The Hall–Kier alpha value is -2.62. The first kappa shape index (κ1) is 17.8. The lowest BCUT2D eigenvalue weighted by Crippen LogP contribution is -2.60. The minimum Gasteiger partial charge on any atom is -0.368 e. The van der Waals surface area contributed by atoms with Crippen molar-refractivity contribution < 1.29 is 9.18 Å². The molecule has 1 atom stereocenters. The number of piperazine rings is 1. The molecule has 0 unspecified atom stereocenters. The highest BCUT2D eigenvalue weighted by atomic mass is 19.1. The maximum absolute atomic E-state index is 13.1. The van der Waals surface area contributed by atoms with E-state index in [4.69, 9.17) is 4.99 Å². The number of benzene rings is 1. The fourth-order valence-corrected chi connectivity index (χ4v) is 4.45. The molecular weight excluding hydrogens is 345 g/mol. The number of nitriles is 1. The minimum absolute atomic E-state index is 0.217. The van der Waals surface area contributed by atoms with E-state index < -0.39 is 11.5 Å². The third-order valence-electron chi connectivity index (χ3n) is 5.98. The van der Waals surface area contributed by atoms with Crippen LogP contribution in [0, 0.1) is 23.1 Å². The molecule has 1 aromatic rings. The highest BCUT2D eigenvalue weighted by Crippen LogP contribution is 2.40. The molecule has 1 aliphatic carbocycles. The first-order valence-electron chi connectivity index (χ1n) is 9.67. The fraction of sp³-hybridized carbons (Fsp3) is 0.550. The highest BCUT2D eigenvalue weighted by molar-refractivity contribution is 6.02. The summed E-state index contributed by atoms with van der Waals surface area (Å²) in [5.74, 6) is -0.527. The standard InChI is InChI=1S/C20H24FN5O/c21-15-4-6-16(7-5-15)25-10-12-26(13-11-25)19-23-18(27)17(14-22)20(24-19)8-2-1-3-9-20/h4-7,17H,1-3,8-13H2,(H,23,24,27)/t17-/m0/s1. The van der Waals surface area contributed by atoms with E-state index in [0.29, 0.717) is 5.96 Å². The predicted octanol–water partition coefficient (Wildman–Crippen LogP) is 2.28. The van der Waals surface area contributed by atoms with Crippen molar-refractivity contribution in [2.45, 2.75) is 37.6 Å². The van der Waals surface area contributed by atoms with E-state index in [2.05, 4.69) is 21.2 Å². The summed E-state index contributed by atoms with van der Waals surface area (Å²) in [6.07, 6.45) is 4.78. The molecule has 27 heavy (non-hydrogen) atoms. The second-order valence-electron chi connectivity index (χ2n) is 7.60. The van der Waals surface area contributed by atoms with Gasteiger partial charge in [0.25, 0.3) is 0 Å². The Bertz CT molecular complexity index is 771. The zero-order valence-corrected chi connectivity index (χ0v) is 15.3. The first-order chi connectivity index (χ1) is 13.1. The van der Waals surface area contributed by atoms with Crippen LogP contribution in [0.5, 0.6) is 0 Å². The normalized spacial score (nSPS) is 25.0. The van der Waals surface area contributed by atoms with Gasteiger partial charge in [-0.3, -0.25) is 10.1 Å². The largest absolute Gasteiger partial charge is 0.368 e. The van der Waals surface area contributed by atoms with Gasteiger partial charge in [0.15, 0.2) is 5.92 Å². The summed E-state index contributed by atoms with van der Waals surface area (Å²) in [5.41, 5.74) is 0.442. The van der Waals surface area contributed by atoms with Crippen LogP contribution in [0.25, 0.3) is 0 Å². The van der Waals surface area contributed by atoms with Crippen LogP contribution >= 0.6 is 0 Å². The second-order valence-corrected chi connectivity index (χ2v) is 7.60. The molecule has 0 radical (unpaired) electrons. The SMILES string of the molecule is N#C[C@H]1C(=O)NC(N2CCN(c3ccc(F)cc3)CC2)=NC12CCCCC2. The van der Waals surface area contributed by atoms with Crippen molar-refractivity contribution in [1.29, 1.82) is 5.26 Å². The van der Waals surface area contributed by atoms with Gasteiger partial charge in [-0.2, -0.15) is 5.26 Å². The molecule has 1 amide bonds. The van der Waals surface area contributed by atoms with Gasteiger partial charge < -0.3 is 9.80 Å². The Labute approximate surface area is 158 Å². The third kappa shape index (κ3) is 3.36. The zero-order chi connectivity index (χ0) is 18.9. The lowest BCUT2D eigenvalue weighted by atomic mass is 9.72. The van der Waals surface area contributed by atoms with Crippen LogP contribution in [0.15, 0.2) is 29.3 Å². The summed E-state index contributed by atoms with van der Waals surface area (Å²) in [6.45, 7) is 3.00. The molecule has 1 aromatic carbocycles. The number of nitrogens with one attached hydrogen (secondary N) is 1. The van der Waals surface area contributed by atoms with Gasteiger partial charge in [-0.25, -0.2) is 9.38 Å². The van der Waals surface area contributed by atoms with E-state index in [-0.39, 0.29) is 11.7 Å². The van der Waals surface area contributed by atoms with Crippen molar-refractivity contribution in [3.05, 3.63) is 30.1 Å². The van der Waals surface area contributed by atoms with E-state index >= 15 is 0 Å². The Morgan fingerprint density at radius 2 is 1.70 bits per heavy atom. The average Bonchev–Trinajstić information content (AvgIpc) is 2.69. The molecule has 0 aromatic heterocycles. The maximum Gasteiger partial charge on any atom is 0.246 e. The van der Waals surface area contributed by atoms with Crippen LogP contribution in [0.4, 0.5) is 10.1 Å². The van der Waals surface area contributed by atoms with Crippen LogP contribution < -0.4 is 10.2 Å². The molecule has 3 aliphatic rings. The number of carbonyl (C=O) groups excluding carboxylic acids is 1. The zero-order valence-electron chi connectivity index (χ0n) is 15.3. The predicted molar refractivity (Wildman–Crippen MR) is 101 cm³/mol. The van der Waals surface area contributed by atoms with Gasteiger partial charge in [-0.1, -0.05) is 19.3 Å². The van der Waals surface area contributed by atoms with Gasteiger partial charge in [0.2, 0.25) is 11.9 Å². The van der Waals surface area contributed by atoms with Gasteiger partial charge >= 0.3 is 0 Å². The monoisotopic (exact) mass is 369 g/mol. The number of hydrogen-bond acceptors (Lipinski definition) is 5. The van der Waals surface area contributed by atoms with E-state index in [9.17, 15) is 14.4 Å². The van der Waals surface area contributed by atoms with Crippen LogP contribution in [0.3, 0.4) is 0 Å². The molecule has 2 heterocycles. The summed E-state index contributed by atoms with van der Waals surface area (Å²) in [6, 6.07) is 8.72. The van der Waals surface area contributed by atoms with Crippen LogP contribution in [-0.2, 0) is 4.79 Å². The number of halogens is 1. The van der Waals surface area contributed by atoms with E-state index in [0.717, 1.165) is 64.0 Å². The number of anilines is 1. The van der Waals surface area contributed by atoms with Crippen LogP contribution in [0.1, 0.15) is 32.1 Å². The summed E-state index contributed by atoms with van der Waals surface area (Å²) in [7, 11) is 0. The summed E-state index contributed by atoms with van der Waals surface area (Å²) >= 11 is 0. The Balaban J connectivity index is 1.49. The molecule has 1 N–H and O–H groups in total. The molecule has 1 saturated carbocycles. The second kappa shape index (κ2) is 7.18. The van der Waals surface area contributed by atoms with E-state index in [1.165, 1.54) is 12.1 Å². The Kier molecular flexibility index (Phi) is 4.73. The molecular formula is C20H24FN5O. The Morgan fingerprint density at radius 1 is 1.07 bits per heavy atom. The molecule has 2 aliphatic heterocycles. The summed E-state index contributed by atoms with van der Waals surface area (Å²) < 4.78 is 13.1. The molecule has 6 nitrogen and oxygen atoms in total. The lowest BCUT2D eigenvalue weighted by molar-refractivity contribution is -0.125. The van der Waals surface area contributed by atoms with Crippen molar-refractivity contribution in [2.75, 3.05) is 31.1 Å².